The van der Waals surface area contributed by atoms with Crippen LogP contribution in [0.3, 0.4) is 0 Å². The lowest BCUT2D eigenvalue weighted by Gasteiger charge is -2.14. The van der Waals surface area contributed by atoms with Gasteiger partial charge >= 0.3 is 0 Å². The van der Waals surface area contributed by atoms with Crippen LogP contribution in [0, 0.1) is 18.8 Å². The van der Waals surface area contributed by atoms with Gasteiger partial charge in [-0.3, -0.25) is 4.79 Å². The minimum atomic E-state index is -3.50. The molecule has 0 radical (unpaired) electrons. The molecule has 2 atom stereocenters. The standard InChI is InChI=1S/C11H17N3O3S2/c1-7-4-14(5-9(7)6-19(12,16)17)11(15)10-3-8(2)18-13-10/h3,7,9H,4-6H2,1-2H3,(H2,12,16,17)/t7-,9+/m1/s1. The third-order valence-electron chi connectivity index (χ3n) is 3.35. The minimum Gasteiger partial charge on any atom is -0.337 e. The number of aryl methyl sites for hydroxylation is 1. The van der Waals surface area contributed by atoms with Crippen LogP contribution in [0.15, 0.2) is 6.07 Å². The number of likely N-dealkylation sites (tertiary alicyclic amines) is 1. The monoisotopic (exact) mass is 303 g/mol. The largest absolute Gasteiger partial charge is 0.337 e. The lowest BCUT2D eigenvalue weighted by Crippen LogP contribution is -2.31. The van der Waals surface area contributed by atoms with Crippen molar-refractivity contribution in [3.05, 3.63) is 16.6 Å². The molecule has 2 rings (SSSR count). The number of nitrogens with two attached hydrogens (primary N) is 1. The van der Waals surface area contributed by atoms with Crippen molar-refractivity contribution in [1.29, 1.82) is 0 Å². The molecule has 0 saturated carbocycles. The van der Waals surface area contributed by atoms with Crippen LogP contribution in [0.25, 0.3) is 0 Å². The summed E-state index contributed by atoms with van der Waals surface area (Å²) in [6, 6.07) is 1.75. The van der Waals surface area contributed by atoms with E-state index in [1.165, 1.54) is 11.5 Å². The summed E-state index contributed by atoms with van der Waals surface area (Å²) in [7, 11) is -3.50. The van der Waals surface area contributed by atoms with Gasteiger partial charge in [0.1, 0.15) is 5.69 Å². The molecular weight excluding hydrogens is 286 g/mol. The zero-order valence-corrected chi connectivity index (χ0v) is 12.5. The molecule has 19 heavy (non-hydrogen) atoms. The van der Waals surface area contributed by atoms with E-state index in [2.05, 4.69) is 4.37 Å². The maximum atomic E-state index is 12.2. The van der Waals surface area contributed by atoms with Gasteiger partial charge in [0.15, 0.2) is 0 Å². The summed E-state index contributed by atoms with van der Waals surface area (Å²) in [5.74, 6) is -0.178. The molecule has 6 nitrogen and oxygen atoms in total. The Hall–Kier alpha value is -0.990. The van der Waals surface area contributed by atoms with Crippen molar-refractivity contribution in [3.8, 4) is 0 Å². The molecule has 1 aromatic rings. The Balaban J connectivity index is 2.06. The summed E-state index contributed by atoms with van der Waals surface area (Å²) in [5.41, 5.74) is 0.436. The van der Waals surface area contributed by atoms with Crippen molar-refractivity contribution in [3.63, 3.8) is 0 Å². The van der Waals surface area contributed by atoms with Crippen LogP contribution < -0.4 is 5.14 Å². The van der Waals surface area contributed by atoms with Gasteiger partial charge in [-0.2, -0.15) is 4.37 Å². The first-order valence-electron chi connectivity index (χ1n) is 5.99. The summed E-state index contributed by atoms with van der Waals surface area (Å²) in [4.78, 5) is 14.9. The fourth-order valence-electron chi connectivity index (χ4n) is 2.34. The molecule has 1 aromatic heterocycles. The van der Waals surface area contributed by atoms with Crippen molar-refractivity contribution in [2.75, 3.05) is 18.8 Å². The average molecular weight is 303 g/mol. The average Bonchev–Trinajstić information content (AvgIpc) is 2.84. The van der Waals surface area contributed by atoms with Gasteiger partial charge in [-0.1, -0.05) is 6.92 Å². The molecule has 0 unspecified atom stereocenters. The Labute approximate surface area is 116 Å². The quantitative estimate of drug-likeness (QED) is 0.877. The second kappa shape index (κ2) is 5.18. The molecule has 8 heteroatoms. The van der Waals surface area contributed by atoms with Gasteiger partial charge in [-0.25, -0.2) is 13.6 Å². The normalized spacial score (nSPS) is 23.8. The summed E-state index contributed by atoms with van der Waals surface area (Å²) in [5, 5.41) is 5.07. The molecule has 0 spiro atoms. The summed E-state index contributed by atoms with van der Waals surface area (Å²) >= 11 is 1.29. The maximum Gasteiger partial charge on any atom is 0.273 e. The lowest BCUT2D eigenvalue weighted by atomic mass is 10.0. The number of hydrogen-bond donors (Lipinski definition) is 1. The first-order chi connectivity index (χ1) is 8.76. The molecule has 0 aliphatic carbocycles. The summed E-state index contributed by atoms with van der Waals surface area (Å²) in [6.45, 7) is 4.81. The fourth-order valence-corrected chi connectivity index (χ4v) is 3.91. The van der Waals surface area contributed by atoms with E-state index < -0.39 is 10.0 Å². The molecule has 1 aliphatic rings. The van der Waals surface area contributed by atoms with Crippen LogP contribution >= 0.6 is 11.5 Å². The molecular formula is C11H17N3O3S2. The fraction of sp³-hybridized carbons (Fsp3) is 0.636. The Morgan fingerprint density at radius 2 is 2.26 bits per heavy atom. The third kappa shape index (κ3) is 3.52. The molecule has 2 heterocycles. The zero-order chi connectivity index (χ0) is 14.2. The molecule has 1 amide bonds. The van der Waals surface area contributed by atoms with Gasteiger partial charge in [0.2, 0.25) is 10.0 Å². The van der Waals surface area contributed by atoms with Gasteiger partial charge < -0.3 is 4.90 Å². The minimum absolute atomic E-state index is 0.0754. The highest BCUT2D eigenvalue weighted by Crippen LogP contribution is 2.25. The Bertz CT molecular complexity index is 582. The Morgan fingerprint density at radius 1 is 1.58 bits per heavy atom. The van der Waals surface area contributed by atoms with Crippen LogP contribution in [-0.4, -0.2) is 42.4 Å². The predicted molar refractivity (Wildman–Crippen MR) is 73.4 cm³/mol. The zero-order valence-electron chi connectivity index (χ0n) is 10.9. The van der Waals surface area contributed by atoms with Crippen LogP contribution in [0.1, 0.15) is 22.3 Å². The first kappa shape index (κ1) is 14.4. The van der Waals surface area contributed by atoms with Crippen LogP contribution in [0.4, 0.5) is 0 Å². The molecule has 0 bridgehead atoms. The van der Waals surface area contributed by atoms with E-state index >= 15 is 0 Å². The van der Waals surface area contributed by atoms with E-state index in [0.717, 1.165) is 4.88 Å². The summed E-state index contributed by atoms with van der Waals surface area (Å²) < 4.78 is 26.4. The molecule has 1 saturated heterocycles. The number of amides is 1. The number of rotatable bonds is 3. The summed E-state index contributed by atoms with van der Waals surface area (Å²) in [6.07, 6.45) is 0. The second-order valence-electron chi connectivity index (χ2n) is 5.10. The van der Waals surface area contributed by atoms with Crippen LogP contribution in [0.5, 0.6) is 0 Å². The number of carbonyl (C=O) groups is 1. The highest BCUT2D eigenvalue weighted by molar-refractivity contribution is 7.89. The lowest BCUT2D eigenvalue weighted by molar-refractivity contribution is 0.0780. The van der Waals surface area contributed by atoms with Crippen LogP contribution in [-0.2, 0) is 10.0 Å². The number of aromatic nitrogens is 1. The smallest absolute Gasteiger partial charge is 0.273 e. The highest BCUT2D eigenvalue weighted by atomic mass is 32.2. The van der Waals surface area contributed by atoms with Crippen molar-refractivity contribution in [1.82, 2.24) is 9.27 Å². The number of nitrogens with zero attached hydrogens (tertiary/aromatic N) is 2. The van der Waals surface area contributed by atoms with E-state index in [9.17, 15) is 13.2 Å². The SMILES string of the molecule is Cc1cc(C(=O)N2C[C@@H](CS(N)(=O)=O)[C@H](C)C2)ns1. The maximum absolute atomic E-state index is 12.2. The van der Waals surface area contributed by atoms with Crippen molar-refractivity contribution in [2.24, 2.45) is 17.0 Å². The number of sulfonamides is 1. The van der Waals surface area contributed by atoms with E-state index in [4.69, 9.17) is 5.14 Å². The van der Waals surface area contributed by atoms with Crippen LogP contribution in [0.2, 0.25) is 0 Å². The molecule has 1 fully saturated rings. The van der Waals surface area contributed by atoms with Gasteiger partial charge in [0.05, 0.1) is 5.75 Å². The predicted octanol–water partition coefficient (Wildman–Crippen LogP) is 0.448. The van der Waals surface area contributed by atoms with Crippen molar-refractivity contribution < 1.29 is 13.2 Å². The van der Waals surface area contributed by atoms with Gasteiger partial charge in [0.25, 0.3) is 5.91 Å². The van der Waals surface area contributed by atoms with Gasteiger partial charge in [-0.05, 0) is 36.4 Å². The highest BCUT2D eigenvalue weighted by Gasteiger charge is 2.35. The first-order valence-corrected chi connectivity index (χ1v) is 8.48. The molecule has 2 N–H and O–H groups in total. The molecule has 1 aliphatic heterocycles. The van der Waals surface area contributed by atoms with E-state index in [1.54, 1.807) is 11.0 Å². The van der Waals surface area contributed by atoms with Crippen molar-refractivity contribution >= 4 is 27.5 Å². The number of carbonyl (C=O) groups excluding carboxylic acids is 1. The van der Waals surface area contributed by atoms with E-state index in [1.807, 2.05) is 13.8 Å². The molecule has 0 aromatic carbocycles. The molecule has 106 valence electrons. The van der Waals surface area contributed by atoms with Crippen molar-refractivity contribution in [2.45, 2.75) is 13.8 Å². The van der Waals surface area contributed by atoms with Gasteiger partial charge in [0, 0.05) is 18.0 Å². The topological polar surface area (TPSA) is 93.4 Å². The van der Waals surface area contributed by atoms with E-state index in [-0.39, 0.29) is 23.5 Å². The number of primary sulfonamides is 1. The second-order valence-corrected chi connectivity index (χ2v) is 7.77. The third-order valence-corrected chi connectivity index (χ3v) is 4.94. The van der Waals surface area contributed by atoms with Gasteiger partial charge in [-0.15, -0.1) is 0 Å². The number of hydrogen-bond acceptors (Lipinski definition) is 5. The van der Waals surface area contributed by atoms with E-state index in [0.29, 0.717) is 18.8 Å². The Morgan fingerprint density at radius 3 is 2.79 bits per heavy atom. The Kier molecular flexibility index (Phi) is 3.93.